The molecule has 0 aliphatic heterocycles. The predicted molar refractivity (Wildman–Crippen MR) is 66.4 cm³/mol. The van der Waals surface area contributed by atoms with Crippen LogP contribution in [0.3, 0.4) is 0 Å². The van der Waals surface area contributed by atoms with Crippen LogP contribution in [0.1, 0.15) is 59.8 Å². The third-order valence-corrected chi connectivity index (χ3v) is 2.97. The second kappa shape index (κ2) is 7.67. The Labute approximate surface area is 104 Å². The van der Waals surface area contributed by atoms with Gasteiger partial charge < -0.3 is 9.99 Å². The second-order valence-electron chi connectivity index (χ2n) is 5.96. The van der Waals surface area contributed by atoms with E-state index in [1.807, 2.05) is 0 Å². The highest BCUT2D eigenvalue weighted by molar-refractivity contribution is 5.68. The number of carbonyl (C=O) groups excluding carboxylic acids is 1. The lowest BCUT2D eigenvalue weighted by Crippen LogP contribution is -2.22. The SMILES string of the molecule is CC(C)CCC(C)(C)CC(O)CCC(=O)OO. The van der Waals surface area contributed by atoms with Crippen molar-refractivity contribution in [1.29, 1.82) is 0 Å². The molecule has 102 valence electrons. The van der Waals surface area contributed by atoms with E-state index in [9.17, 15) is 9.90 Å². The minimum Gasteiger partial charge on any atom is -0.393 e. The number of aliphatic hydroxyl groups is 1. The molecule has 0 radical (unpaired) electrons. The van der Waals surface area contributed by atoms with E-state index in [1.165, 1.54) is 0 Å². The number of hydrogen-bond acceptors (Lipinski definition) is 4. The van der Waals surface area contributed by atoms with Gasteiger partial charge in [0.1, 0.15) is 0 Å². The lowest BCUT2D eigenvalue weighted by Gasteiger charge is -2.28. The van der Waals surface area contributed by atoms with Crippen molar-refractivity contribution in [1.82, 2.24) is 0 Å². The molecule has 1 unspecified atom stereocenters. The summed E-state index contributed by atoms with van der Waals surface area (Å²) in [6.07, 6.45) is 2.74. The molecule has 0 aromatic rings. The van der Waals surface area contributed by atoms with Crippen LogP contribution in [0.15, 0.2) is 0 Å². The first-order chi connectivity index (χ1) is 7.76. The van der Waals surface area contributed by atoms with Gasteiger partial charge in [-0.05, 0) is 30.6 Å². The van der Waals surface area contributed by atoms with Crippen LogP contribution >= 0.6 is 0 Å². The van der Waals surface area contributed by atoms with Crippen LogP contribution in [0, 0.1) is 11.3 Å². The van der Waals surface area contributed by atoms with E-state index in [0.29, 0.717) is 18.8 Å². The summed E-state index contributed by atoms with van der Waals surface area (Å²) in [6.45, 7) is 8.62. The molecule has 0 amide bonds. The van der Waals surface area contributed by atoms with Crippen LogP contribution < -0.4 is 0 Å². The fourth-order valence-corrected chi connectivity index (χ4v) is 1.85. The predicted octanol–water partition coefficient (Wildman–Crippen LogP) is 3.00. The van der Waals surface area contributed by atoms with Gasteiger partial charge in [-0.15, -0.1) is 0 Å². The smallest absolute Gasteiger partial charge is 0.342 e. The summed E-state index contributed by atoms with van der Waals surface area (Å²) in [5.74, 6) is -0.0279. The maximum atomic E-state index is 10.7. The fraction of sp³-hybridized carbons (Fsp3) is 0.923. The number of carbonyl (C=O) groups is 1. The van der Waals surface area contributed by atoms with E-state index in [1.54, 1.807) is 0 Å². The van der Waals surface area contributed by atoms with Gasteiger partial charge in [0, 0.05) is 0 Å². The van der Waals surface area contributed by atoms with E-state index in [-0.39, 0.29) is 11.8 Å². The van der Waals surface area contributed by atoms with Gasteiger partial charge >= 0.3 is 5.97 Å². The Morgan fingerprint density at radius 1 is 1.29 bits per heavy atom. The van der Waals surface area contributed by atoms with Gasteiger partial charge in [-0.1, -0.05) is 34.1 Å². The van der Waals surface area contributed by atoms with Gasteiger partial charge in [0.2, 0.25) is 0 Å². The van der Waals surface area contributed by atoms with Crippen LogP contribution in [-0.4, -0.2) is 22.4 Å². The van der Waals surface area contributed by atoms with Crippen molar-refractivity contribution in [2.24, 2.45) is 11.3 Å². The lowest BCUT2D eigenvalue weighted by atomic mass is 9.80. The fourth-order valence-electron chi connectivity index (χ4n) is 1.85. The number of rotatable bonds is 8. The molecule has 2 N–H and O–H groups in total. The van der Waals surface area contributed by atoms with Gasteiger partial charge in [0.25, 0.3) is 0 Å². The molecule has 0 fully saturated rings. The highest BCUT2D eigenvalue weighted by atomic mass is 17.1. The van der Waals surface area contributed by atoms with E-state index in [2.05, 4.69) is 32.6 Å². The highest BCUT2D eigenvalue weighted by Gasteiger charge is 2.22. The number of hydrogen-bond donors (Lipinski definition) is 2. The van der Waals surface area contributed by atoms with Gasteiger partial charge in [0.05, 0.1) is 12.5 Å². The summed E-state index contributed by atoms with van der Waals surface area (Å²) in [4.78, 5) is 14.3. The minimum absolute atomic E-state index is 0.0535. The van der Waals surface area contributed by atoms with Crippen molar-refractivity contribution in [2.45, 2.75) is 65.9 Å². The molecule has 0 aromatic heterocycles. The standard InChI is InChI=1S/C13H26O4/c1-10(2)7-8-13(3,4)9-11(14)5-6-12(15)17-16/h10-11,14,16H,5-9H2,1-4H3. The summed E-state index contributed by atoms with van der Waals surface area (Å²) in [5.41, 5.74) is 0.0762. The van der Waals surface area contributed by atoms with Crippen LogP contribution in [0.4, 0.5) is 0 Å². The van der Waals surface area contributed by atoms with E-state index in [4.69, 9.17) is 5.26 Å². The Hall–Kier alpha value is -0.610. The molecule has 1 atom stereocenters. The maximum Gasteiger partial charge on any atom is 0.342 e. The largest absolute Gasteiger partial charge is 0.393 e. The van der Waals surface area contributed by atoms with Crippen molar-refractivity contribution in [3.05, 3.63) is 0 Å². The highest BCUT2D eigenvalue weighted by Crippen LogP contribution is 2.31. The zero-order chi connectivity index (χ0) is 13.5. The van der Waals surface area contributed by atoms with Crippen LogP contribution in [0.5, 0.6) is 0 Å². The van der Waals surface area contributed by atoms with E-state index in [0.717, 1.165) is 12.8 Å². The molecule has 0 aliphatic carbocycles. The third kappa shape index (κ3) is 9.12. The maximum absolute atomic E-state index is 10.7. The van der Waals surface area contributed by atoms with Crippen LogP contribution in [-0.2, 0) is 9.68 Å². The first-order valence-electron chi connectivity index (χ1n) is 6.29. The summed E-state index contributed by atoms with van der Waals surface area (Å²) in [6, 6.07) is 0. The second-order valence-corrected chi connectivity index (χ2v) is 5.96. The van der Waals surface area contributed by atoms with Crippen molar-refractivity contribution < 1.29 is 20.0 Å². The normalized spacial score (nSPS) is 13.8. The molecule has 0 aromatic carbocycles. The number of aliphatic hydroxyl groups excluding tert-OH is 1. The Balaban J connectivity index is 3.91. The average molecular weight is 246 g/mol. The zero-order valence-corrected chi connectivity index (χ0v) is 11.4. The first kappa shape index (κ1) is 16.4. The summed E-state index contributed by atoms with van der Waals surface area (Å²) in [7, 11) is 0. The Morgan fingerprint density at radius 3 is 2.35 bits per heavy atom. The van der Waals surface area contributed by atoms with Crippen LogP contribution in [0.25, 0.3) is 0 Å². The third-order valence-electron chi connectivity index (χ3n) is 2.97. The lowest BCUT2D eigenvalue weighted by molar-refractivity contribution is -0.234. The molecular weight excluding hydrogens is 220 g/mol. The zero-order valence-electron chi connectivity index (χ0n) is 11.4. The van der Waals surface area contributed by atoms with Crippen LogP contribution in [0.2, 0.25) is 0 Å². The Morgan fingerprint density at radius 2 is 1.88 bits per heavy atom. The molecule has 17 heavy (non-hydrogen) atoms. The van der Waals surface area contributed by atoms with Crippen molar-refractivity contribution in [2.75, 3.05) is 0 Å². The first-order valence-corrected chi connectivity index (χ1v) is 6.29. The van der Waals surface area contributed by atoms with Gasteiger partial charge in [-0.3, -0.25) is 0 Å². The molecule has 0 saturated heterocycles. The Bertz CT molecular complexity index is 223. The van der Waals surface area contributed by atoms with Gasteiger partial charge in [-0.2, -0.15) is 5.26 Å². The van der Waals surface area contributed by atoms with Gasteiger partial charge in [0.15, 0.2) is 0 Å². The summed E-state index contributed by atoms with van der Waals surface area (Å²) in [5, 5.41) is 17.9. The Kier molecular flexibility index (Phi) is 7.39. The molecule has 0 bridgehead atoms. The molecule has 0 aliphatic rings. The quantitative estimate of drug-likeness (QED) is 0.510. The van der Waals surface area contributed by atoms with E-state index >= 15 is 0 Å². The molecule has 0 saturated carbocycles. The van der Waals surface area contributed by atoms with Crippen molar-refractivity contribution >= 4 is 5.97 Å². The molecule has 4 heteroatoms. The van der Waals surface area contributed by atoms with Crippen molar-refractivity contribution in [3.8, 4) is 0 Å². The summed E-state index contributed by atoms with van der Waals surface area (Å²) < 4.78 is 0. The topological polar surface area (TPSA) is 66.8 Å². The minimum atomic E-state index is -0.691. The molecular formula is C13H26O4. The molecule has 0 rings (SSSR count). The average Bonchev–Trinajstić information content (AvgIpc) is 2.22. The molecule has 4 nitrogen and oxygen atoms in total. The monoisotopic (exact) mass is 246 g/mol. The molecule has 0 spiro atoms. The van der Waals surface area contributed by atoms with E-state index < -0.39 is 12.1 Å². The van der Waals surface area contributed by atoms with Crippen molar-refractivity contribution in [3.63, 3.8) is 0 Å². The summed E-state index contributed by atoms with van der Waals surface area (Å²) >= 11 is 0. The van der Waals surface area contributed by atoms with Gasteiger partial charge in [-0.25, -0.2) is 4.79 Å². The molecule has 0 heterocycles.